The van der Waals surface area contributed by atoms with Gasteiger partial charge in [-0.3, -0.25) is 0 Å². The van der Waals surface area contributed by atoms with Crippen molar-refractivity contribution < 1.29 is 18.9 Å². The SMILES string of the molecule is COc1cc(-c2cc(OCC3COCCOC3)cc3ccccc23)ccn1. The van der Waals surface area contributed by atoms with Crippen molar-refractivity contribution in [3.05, 3.63) is 54.7 Å². The van der Waals surface area contributed by atoms with E-state index in [-0.39, 0.29) is 5.92 Å². The zero-order valence-electron chi connectivity index (χ0n) is 15.4. The third-order valence-corrected chi connectivity index (χ3v) is 4.66. The molecule has 0 aliphatic carbocycles. The van der Waals surface area contributed by atoms with Crippen molar-refractivity contribution in [2.45, 2.75) is 0 Å². The number of methoxy groups -OCH3 is 1. The van der Waals surface area contributed by atoms with Gasteiger partial charge in [0.05, 0.1) is 40.1 Å². The summed E-state index contributed by atoms with van der Waals surface area (Å²) in [5.41, 5.74) is 2.14. The van der Waals surface area contributed by atoms with Gasteiger partial charge < -0.3 is 18.9 Å². The Labute approximate surface area is 158 Å². The predicted molar refractivity (Wildman–Crippen MR) is 104 cm³/mol. The molecular formula is C22H23NO4. The van der Waals surface area contributed by atoms with Gasteiger partial charge in [-0.2, -0.15) is 0 Å². The van der Waals surface area contributed by atoms with Crippen molar-refractivity contribution in [3.63, 3.8) is 0 Å². The van der Waals surface area contributed by atoms with Gasteiger partial charge in [0.1, 0.15) is 5.75 Å². The molecule has 140 valence electrons. The van der Waals surface area contributed by atoms with Gasteiger partial charge in [-0.1, -0.05) is 24.3 Å². The summed E-state index contributed by atoms with van der Waals surface area (Å²) in [6.07, 6.45) is 1.76. The number of benzene rings is 2. The average molecular weight is 365 g/mol. The van der Waals surface area contributed by atoms with E-state index in [1.165, 1.54) is 5.39 Å². The average Bonchev–Trinajstić information content (AvgIpc) is 3.00. The van der Waals surface area contributed by atoms with Crippen LogP contribution in [-0.2, 0) is 9.47 Å². The Morgan fingerprint density at radius 3 is 2.67 bits per heavy atom. The highest BCUT2D eigenvalue weighted by Crippen LogP contribution is 2.34. The van der Waals surface area contributed by atoms with Crippen LogP contribution < -0.4 is 9.47 Å². The molecule has 0 saturated carbocycles. The second-order valence-electron chi connectivity index (χ2n) is 6.61. The molecule has 1 fully saturated rings. The molecule has 3 aromatic rings. The molecule has 0 spiro atoms. The van der Waals surface area contributed by atoms with Crippen LogP contribution in [0.4, 0.5) is 0 Å². The lowest BCUT2D eigenvalue weighted by molar-refractivity contribution is 0.101. The van der Waals surface area contributed by atoms with Crippen LogP contribution in [-0.4, -0.2) is 45.1 Å². The first-order valence-electron chi connectivity index (χ1n) is 9.15. The largest absolute Gasteiger partial charge is 0.493 e. The van der Waals surface area contributed by atoms with Crippen molar-refractivity contribution in [2.24, 2.45) is 5.92 Å². The first-order chi connectivity index (χ1) is 13.3. The van der Waals surface area contributed by atoms with Crippen LogP contribution in [0.3, 0.4) is 0 Å². The number of ether oxygens (including phenoxy) is 4. The van der Waals surface area contributed by atoms with Gasteiger partial charge in [0.15, 0.2) is 0 Å². The maximum Gasteiger partial charge on any atom is 0.213 e. The Bertz CT molecular complexity index is 904. The maximum atomic E-state index is 6.12. The zero-order valence-corrected chi connectivity index (χ0v) is 15.4. The third-order valence-electron chi connectivity index (χ3n) is 4.66. The lowest BCUT2D eigenvalue weighted by Gasteiger charge is -2.16. The quantitative estimate of drug-likeness (QED) is 0.685. The molecule has 2 aromatic carbocycles. The highest BCUT2D eigenvalue weighted by Gasteiger charge is 2.15. The molecule has 0 unspecified atom stereocenters. The molecule has 1 aliphatic heterocycles. The Kier molecular flexibility index (Phi) is 5.51. The molecule has 0 bridgehead atoms. The Morgan fingerprint density at radius 1 is 1.04 bits per heavy atom. The number of rotatable bonds is 5. The van der Waals surface area contributed by atoms with E-state index in [1.54, 1.807) is 13.3 Å². The molecule has 4 rings (SSSR count). The second kappa shape index (κ2) is 8.37. The van der Waals surface area contributed by atoms with Crippen molar-refractivity contribution >= 4 is 10.8 Å². The number of pyridine rings is 1. The van der Waals surface area contributed by atoms with Crippen LogP contribution in [0.15, 0.2) is 54.7 Å². The van der Waals surface area contributed by atoms with E-state index >= 15 is 0 Å². The molecular weight excluding hydrogens is 342 g/mol. The van der Waals surface area contributed by atoms with Crippen LogP contribution in [0.2, 0.25) is 0 Å². The molecule has 0 N–H and O–H groups in total. The van der Waals surface area contributed by atoms with Gasteiger partial charge >= 0.3 is 0 Å². The van der Waals surface area contributed by atoms with E-state index < -0.39 is 0 Å². The summed E-state index contributed by atoms with van der Waals surface area (Å²) in [5.74, 6) is 1.67. The Balaban J connectivity index is 1.65. The highest BCUT2D eigenvalue weighted by molar-refractivity contribution is 5.98. The molecule has 0 amide bonds. The first kappa shape index (κ1) is 17.8. The van der Waals surface area contributed by atoms with Gasteiger partial charge in [0, 0.05) is 18.2 Å². The molecule has 0 radical (unpaired) electrons. The van der Waals surface area contributed by atoms with Gasteiger partial charge in [0.2, 0.25) is 5.88 Å². The number of fused-ring (bicyclic) bond motifs is 1. The van der Waals surface area contributed by atoms with Crippen LogP contribution >= 0.6 is 0 Å². The fraction of sp³-hybridized carbons (Fsp3) is 0.318. The lowest BCUT2D eigenvalue weighted by atomic mass is 9.98. The molecule has 1 aromatic heterocycles. The van der Waals surface area contributed by atoms with Gasteiger partial charge in [-0.15, -0.1) is 0 Å². The van der Waals surface area contributed by atoms with E-state index in [4.69, 9.17) is 18.9 Å². The van der Waals surface area contributed by atoms with Crippen LogP contribution in [0.25, 0.3) is 21.9 Å². The van der Waals surface area contributed by atoms with Gasteiger partial charge in [0.25, 0.3) is 0 Å². The summed E-state index contributed by atoms with van der Waals surface area (Å²) >= 11 is 0. The molecule has 0 atom stereocenters. The van der Waals surface area contributed by atoms with Crippen molar-refractivity contribution in [1.82, 2.24) is 4.98 Å². The Hall–Kier alpha value is -2.63. The lowest BCUT2D eigenvalue weighted by Crippen LogP contribution is -2.20. The summed E-state index contributed by atoms with van der Waals surface area (Å²) in [6, 6.07) is 16.4. The van der Waals surface area contributed by atoms with E-state index in [1.807, 2.05) is 24.3 Å². The third kappa shape index (κ3) is 4.21. The molecule has 5 heteroatoms. The number of aromatic nitrogens is 1. The molecule has 1 aliphatic rings. The van der Waals surface area contributed by atoms with Gasteiger partial charge in [-0.25, -0.2) is 4.98 Å². The summed E-state index contributed by atoms with van der Waals surface area (Å²) < 4.78 is 22.5. The molecule has 1 saturated heterocycles. The normalized spacial score (nSPS) is 15.4. The Morgan fingerprint density at radius 2 is 1.85 bits per heavy atom. The summed E-state index contributed by atoms with van der Waals surface area (Å²) in [5, 5.41) is 2.30. The van der Waals surface area contributed by atoms with Gasteiger partial charge in [-0.05, 0) is 40.1 Å². The monoisotopic (exact) mass is 365 g/mol. The number of nitrogens with zero attached hydrogens (tertiary/aromatic N) is 1. The maximum absolute atomic E-state index is 6.12. The molecule has 2 heterocycles. The number of hydrogen-bond acceptors (Lipinski definition) is 5. The minimum atomic E-state index is 0.239. The number of hydrogen-bond donors (Lipinski definition) is 0. The van der Waals surface area contributed by atoms with Crippen molar-refractivity contribution in [3.8, 4) is 22.8 Å². The fourth-order valence-electron chi connectivity index (χ4n) is 3.27. The standard InChI is InChI=1S/C22H23NO4/c1-24-22-11-18(6-7-23-22)21-12-19(10-17-4-2-3-5-20(17)21)27-15-16-13-25-8-9-26-14-16/h2-7,10-12,16H,8-9,13-15H2,1H3. The fourth-order valence-corrected chi connectivity index (χ4v) is 3.27. The second-order valence-corrected chi connectivity index (χ2v) is 6.61. The van der Waals surface area contributed by atoms with E-state index in [9.17, 15) is 0 Å². The predicted octanol–water partition coefficient (Wildman–Crippen LogP) is 3.95. The smallest absolute Gasteiger partial charge is 0.213 e. The van der Waals surface area contributed by atoms with Crippen LogP contribution in [0.1, 0.15) is 0 Å². The molecule has 5 nitrogen and oxygen atoms in total. The minimum Gasteiger partial charge on any atom is -0.493 e. The highest BCUT2D eigenvalue weighted by atomic mass is 16.5. The van der Waals surface area contributed by atoms with E-state index in [0.717, 1.165) is 22.3 Å². The van der Waals surface area contributed by atoms with E-state index in [0.29, 0.717) is 38.9 Å². The topological polar surface area (TPSA) is 49.8 Å². The van der Waals surface area contributed by atoms with Crippen molar-refractivity contribution in [1.29, 1.82) is 0 Å². The van der Waals surface area contributed by atoms with Crippen molar-refractivity contribution in [2.75, 3.05) is 40.1 Å². The summed E-state index contributed by atoms with van der Waals surface area (Å²) in [6.45, 7) is 3.21. The molecule has 27 heavy (non-hydrogen) atoms. The summed E-state index contributed by atoms with van der Waals surface area (Å²) in [7, 11) is 1.63. The van der Waals surface area contributed by atoms with Crippen LogP contribution in [0, 0.1) is 5.92 Å². The van der Waals surface area contributed by atoms with Crippen LogP contribution in [0.5, 0.6) is 11.6 Å². The first-order valence-corrected chi connectivity index (χ1v) is 9.15. The zero-order chi connectivity index (χ0) is 18.5. The summed E-state index contributed by atoms with van der Waals surface area (Å²) in [4.78, 5) is 4.21. The minimum absolute atomic E-state index is 0.239. The van der Waals surface area contributed by atoms with E-state index in [2.05, 4.69) is 29.2 Å².